The Morgan fingerprint density at radius 3 is 2.80 bits per heavy atom. The molecular weight excluding hydrogens is 319 g/mol. The number of hydrogen-bond acceptors (Lipinski definition) is 2. The zero-order chi connectivity index (χ0) is 14.5. The molecule has 1 heterocycles. The van der Waals surface area contributed by atoms with E-state index in [1.807, 2.05) is 32.0 Å². The first-order valence-corrected chi connectivity index (χ1v) is 7.49. The van der Waals surface area contributed by atoms with Gasteiger partial charge in [0.2, 0.25) is 0 Å². The maximum atomic E-state index is 13.6. The lowest BCUT2D eigenvalue weighted by Crippen LogP contribution is -2.23. The van der Waals surface area contributed by atoms with Gasteiger partial charge in [-0.2, -0.15) is 0 Å². The topological polar surface area (TPSA) is 24.9 Å². The molecule has 2 nitrogen and oxygen atoms in total. The van der Waals surface area contributed by atoms with Gasteiger partial charge in [0.15, 0.2) is 0 Å². The number of aromatic nitrogens is 1. The van der Waals surface area contributed by atoms with Crippen LogP contribution in [0.2, 0.25) is 0 Å². The van der Waals surface area contributed by atoms with Crippen LogP contribution in [0.25, 0.3) is 0 Å². The number of rotatable bonds is 5. The van der Waals surface area contributed by atoms with Gasteiger partial charge in [0, 0.05) is 28.8 Å². The standard InChI is InChI=1S/C16H18BrFN2/c1-3-19-16(10-15-11(2)5-4-6-20-15)12-7-13(17)9-14(18)8-12/h4-9,16,19H,3,10H2,1-2H3. The fourth-order valence-electron chi connectivity index (χ4n) is 2.26. The normalized spacial score (nSPS) is 12.4. The van der Waals surface area contributed by atoms with Crippen molar-refractivity contribution in [3.05, 3.63) is 63.6 Å². The Kier molecular flexibility index (Phi) is 5.26. The fourth-order valence-corrected chi connectivity index (χ4v) is 2.74. The van der Waals surface area contributed by atoms with Crippen LogP contribution in [-0.4, -0.2) is 11.5 Å². The summed E-state index contributed by atoms with van der Waals surface area (Å²) in [5.41, 5.74) is 3.13. The molecule has 1 aromatic carbocycles. The van der Waals surface area contributed by atoms with E-state index in [-0.39, 0.29) is 11.9 Å². The predicted molar refractivity (Wildman–Crippen MR) is 83.2 cm³/mol. The summed E-state index contributed by atoms with van der Waals surface area (Å²) >= 11 is 3.35. The van der Waals surface area contributed by atoms with Crippen molar-refractivity contribution in [2.75, 3.05) is 6.54 Å². The highest BCUT2D eigenvalue weighted by atomic mass is 79.9. The minimum Gasteiger partial charge on any atom is -0.310 e. The van der Waals surface area contributed by atoms with E-state index in [4.69, 9.17) is 0 Å². The first kappa shape index (κ1) is 15.1. The van der Waals surface area contributed by atoms with Gasteiger partial charge in [-0.1, -0.05) is 28.9 Å². The Morgan fingerprint density at radius 1 is 1.35 bits per heavy atom. The second kappa shape index (κ2) is 6.95. The van der Waals surface area contributed by atoms with Crippen molar-refractivity contribution in [3.8, 4) is 0 Å². The van der Waals surface area contributed by atoms with Crippen LogP contribution < -0.4 is 5.32 Å². The third-order valence-electron chi connectivity index (χ3n) is 3.25. The highest BCUT2D eigenvalue weighted by Crippen LogP contribution is 2.23. The fraction of sp³-hybridized carbons (Fsp3) is 0.312. The first-order chi connectivity index (χ1) is 9.60. The van der Waals surface area contributed by atoms with Crippen LogP contribution in [0.5, 0.6) is 0 Å². The average Bonchev–Trinajstić information content (AvgIpc) is 2.39. The molecule has 20 heavy (non-hydrogen) atoms. The summed E-state index contributed by atoms with van der Waals surface area (Å²) in [4.78, 5) is 4.43. The maximum Gasteiger partial charge on any atom is 0.124 e. The molecule has 0 amide bonds. The van der Waals surface area contributed by atoms with Crippen LogP contribution in [0, 0.1) is 12.7 Å². The van der Waals surface area contributed by atoms with Gasteiger partial charge in [-0.15, -0.1) is 0 Å². The molecule has 0 bridgehead atoms. The summed E-state index contributed by atoms with van der Waals surface area (Å²) in [6.07, 6.45) is 2.54. The molecule has 0 aliphatic rings. The van der Waals surface area contributed by atoms with Gasteiger partial charge in [-0.25, -0.2) is 4.39 Å². The minimum atomic E-state index is -0.227. The molecular formula is C16H18BrFN2. The first-order valence-electron chi connectivity index (χ1n) is 6.70. The monoisotopic (exact) mass is 336 g/mol. The Morgan fingerprint density at radius 2 is 2.15 bits per heavy atom. The third kappa shape index (κ3) is 3.87. The van der Waals surface area contributed by atoms with Crippen LogP contribution in [0.4, 0.5) is 4.39 Å². The number of benzene rings is 1. The van der Waals surface area contributed by atoms with Gasteiger partial charge in [0.25, 0.3) is 0 Å². The zero-order valence-electron chi connectivity index (χ0n) is 11.7. The average molecular weight is 337 g/mol. The van der Waals surface area contributed by atoms with E-state index in [2.05, 4.69) is 26.2 Å². The summed E-state index contributed by atoms with van der Waals surface area (Å²) in [7, 11) is 0. The highest BCUT2D eigenvalue weighted by Gasteiger charge is 2.14. The van der Waals surface area contributed by atoms with Crippen LogP contribution >= 0.6 is 15.9 Å². The van der Waals surface area contributed by atoms with Crippen molar-refractivity contribution >= 4 is 15.9 Å². The Hall–Kier alpha value is -1.26. The molecule has 1 aromatic heterocycles. The molecule has 0 fully saturated rings. The molecule has 4 heteroatoms. The Labute approximate surface area is 127 Å². The summed E-state index contributed by atoms with van der Waals surface area (Å²) in [6.45, 7) is 4.92. The number of nitrogens with zero attached hydrogens (tertiary/aromatic N) is 1. The van der Waals surface area contributed by atoms with Crippen molar-refractivity contribution in [2.45, 2.75) is 26.3 Å². The highest BCUT2D eigenvalue weighted by molar-refractivity contribution is 9.10. The van der Waals surface area contributed by atoms with E-state index < -0.39 is 0 Å². The molecule has 1 N–H and O–H groups in total. The van der Waals surface area contributed by atoms with Gasteiger partial charge >= 0.3 is 0 Å². The zero-order valence-corrected chi connectivity index (χ0v) is 13.2. The van der Waals surface area contributed by atoms with Gasteiger partial charge in [0.1, 0.15) is 5.82 Å². The van der Waals surface area contributed by atoms with E-state index in [0.29, 0.717) is 0 Å². The van der Waals surface area contributed by atoms with Crippen molar-refractivity contribution in [1.29, 1.82) is 0 Å². The minimum absolute atomic E-state index is 0.0561. The molecule has 0 saturated heterocycles. The van der Waals surface area contributed by atoms with Crippen molar-refractivity contribution in [1.82, 2.24) is 10.3 Å². The van der Waals surface area contributed by atoms with E-state index in [1.54, 1.807) is 12.3 Å². The van der Waals surface area contributed by atoms with Crippen molar-refractivity contribution in [3.63, 3.8) is 0 Å². The molecule has 0 aliphatic heterocycles. The summed E-state index contributed by atoms with van der Waals surface area (Å²) in [6, 6.07) is 9.04. The second-order valence-electron chi connectivity index (χ2n) is 4.78. The third-order valence-corrected chi connectivity index (χ3v) is 3.71. The maximum absolute atomic E-state index is 13.6. The van der Waals surface area contributed by atoms with E-state index in [1.165, 1.54) is 6.07 Å². The van der Waals surface area contributed by atoms with Crippen LogP contribution in [-0.2, 0) is 6.42 Å². The lowest BCUT2D eigenvalue weighted by atomic mass is 9.99. The largest absolute Gasteiger partial charge is 0.310 e. The second-order valence-corrected chi connectivity index (χ2v) is 5.70. The Bertz CT molecular complexity index is 566. The molecule has 1 atom stereocenters. The van der Waals surface area contributed by atoms with Crippen molar-refractivity contribution in [2.24, 2.45) is 0 Å². The van der Waals surface area contributed by atoms with Crippen LogP contribution in [0.15, 0.2) is 41.0 Å². The van der Waals surface area contributed by atoms with E-state index >= 15 is 0 Å². The quantitative estimate of drug-likeness (QED) is 0.885. The molecule has 0 radical (unpaired) electrons. The van der Waals surface area contributed by atoms with Crippen LogP contribution in [0.1, 0.15) is 29.8 Å². The van der Waals surface area contributed by atoms with Gasteiger partial charge < -0.3 is 5.32 Å². The van der Waals surface area contributed by atoms with Gasteiger partial charge in [-0.05, 0) is 48.9 Å². The number of halogens is 2. The molecule has 106 valence electrons. The molecule has 0 aliphatic carbocycles. The Balaban J connectivity index is 2.29. The molecule has 1 unspecified atom stereocenters. The number of nitrogens with one attached hydrogen (secondary N) is 1. The lowest BCUT2D eigenvalue weighted by molar-refractivity contribution is 0.536. The van der Waals surface area contributed by atoms with Crippen molar-refractivity contribution < 1.29 is 4.39 Å². The lowest BCUT2D eigenvalue weighted by Gasteiger charge is -2.19. The number of likely N-dealkylation sites (N-methyl/N-ethyl adjacent to an activating group) is 1. The summed E-state index contributed by atoms with van der Waals surface area (Å²) in [5, 5.41) is 3.40. The van der Waals surface area contributed by atoms with E-state index in [9.17, 15) is 4.39 Å². The van der Waals surface area contributed by atoms with Gasteiger partial charge in [0.05, 0.1) is 0 Å². The number of aryl methyl sites for hydroxylation is 1. The number of pyridine rings is 1. The smallest absolute Gasteiger partial charge is 0.124 e. The molecule has 2 aromatic rings. The number of hydrogen-bond donors (Lipinski definition) is 1. The van der Waals surface area contributed by atoms with Gasteiger partial charge in [-0.3, -0.25) is 4.98 Å². The van der Waals surface area contributed by atoms with Crippen LogP contribution in [0.3, 0.4) is 0 Å². The molecule has 2 rings (SSSR count). The summed E-state index contributed by atoms with van der Waals surface area (Å²) < 4.78 is 14.3. The van der Waals surface area contributed by atoms with E-state index in [0.717, 1.165) is 34.3 Å². The molecule has 0 saturated carbocycles. The molecule has 0 spiro atoms. The summed E-state index contributed by atoms with van der Waals surface area (Å²) in [5.74, 6) is -0.227. The predicted octanol–water partition coefficient (Wildman–Crippen LogP) is 4.18. The SMILES string of the molecule is CCNC(Cc1ncccc1C)c1cc(F)cc(Br)c1.